The lowest BCUT2D eigenvalue weighted by molar-refractivity contribution is -0.122. The summed E-state index contributed by atoms with van der Waals surface area (Å²) in [4.78, 5) is 12.0. The van der Waals surface area contributed by atoms with E-state index in [0.29, 0.717) is 12.8 Å². The van der Waals surface area contributed by atoms with E-state index in [1.807, 2.05) is 6.92 Å². The molecular weight excluding hydrogens is 280 g/mol. The van der Waals surface area contributed by atoms with Gasteiger partial charge in [-0.3, -0.25) is 4.79 Å². The molecule has 1 heterocycles. The number of aromatic nitrogens is 1. The molecule has 1 aromatic heterocycles. The molecule has 112 valence electrons. The summed E-state index contributed by atoms with van der Waals surface area (Å²) in [6, 6.07) is 0.0975. The zero-order valence-corrected chi connectivity index (χ0v) is 12.4. The highest BCUT2D eigenvalue weighted by molar-refractivity contribution is 6.29. The Morgan fingerprint density at radius 3 is 2.90 bits per heavy atom. The monoisotopic (exact) mass is 300 g/mol. The van der Waals surface area contributed by atoms with E-state index in [-0.39, 0.29) is 29.7 Å². The highest BCUT2D eigenvalue weighted by Crippen LogP contribution is 2.24. The first-order chi connectivity index (χ1) is 9.61. The van der Waals surface area contributed by atoms with Crippen molar-refractivity contribution in [3.8, 4) is 0 Å². The lowest BCUT2D eigenvalue weighted by Gasteiger charge is -2.30. The van der Waals surface area contributed by atoms with Gasteiger partial charge in [-0.1, -0.05) is 18.0 Å². The molecule has 5 nitrogen and oxygen atoms in total. The summed E-state index contributed by atoms with van der Waals surface area (Å²) in [5.74, 6) is 0.181. The van der Waals surface area contributed by atoms with Gasteiger partial charge in [-0.15, -0.1) is 0 Å². The molecule has 1 aliphatic rings. The zero-order valence-electron chi connectivity index (χ0n) is 11.7. The van der Waals surface area contributed by atoms with Crippen LogP contribution in [0.4, 0.5) is 0 Å². The number of nitrogens with zero attached hydrogens (tertiary/aromatic N) is 1. The van der Waals surface area contributed by atoms with Gasteiger partial charge in [-0.2, -0.15) is 0 Å². The third-order valence-corrected chi connectivity index (χ3v) is 4.33. The van der Waals surface area contributed by atoms with E-state index in [2.05, 4.69) is 10.5 Å². The fraction of sp³-hybridized carbons (Fsp3) is 0.714. The Morgan fingerprint density at radius 2 is 2.25 bits per heavy atom. The standard InChI is InChI=1S/C14H21ClN2O3/c1-9-11(14(15)20-17-9)6-7-13(19)16-12-5-3-2-4-10(12)8-18/h10,12,18H,2-8H2,1H3,(H,16,19). The van der Waals surface area contributed by atoms with Gasteiger partial charge in [0.2, 0.25) is 11.1 Å². The van der Waals surface area contributed by atoms with Crippen molar-refractivity contribution in [3.63, 3.8) is 0 Å². The Morgan fingerprint density at radius 1 is 1.50 bits per heavy atom. The minimum Gasteiger partial charge on any atom is -0.396 e. The molecule has 20 heavy (non-hydrogen) atoms. The molecule has 0 radical (unpaired) electrons. The van der Waals surface area contributed by atoms with Crippen LogP contribution in [0.3, 0.4) is 0 Å². The molecule has 2 atom stereocenters. The molecule has 2 N–H and O–H groups in total. The highest BCUT2D eigenvalue weighted by atomic mass is 35.5. The molecule has 1 saturated carbocycles. The SMILES string of the molecule is Cc1noc(Cl)c1CCC(=O)NC1CCCCC1CO. The molecular formula is C14H21ClN2O3. The van der Waals surface area contributed by atoms with E-state index in [9.17, 15) is 9.90 Å². The Bertz CT molecular complexity index is 442. The Labute approximate surface area is 123 Å². The van der Waals surface area contributed by atoms with Crippen LogP contribution in [0.2, 0.25) is 5.22 Å². The second-order valence-electron chi connectivity index (χ2n) is 5.42. The van der Waals surface area contributed by atoms with Gasteiger partial charge in [0.05, 0.1) is 5.69 Å². The molecule has 0 spiro atoms. The van der Waals surface area contributed by atoms with Gasteiger partial charge in [0.25, 0.3) is 0 Å². The summed E-state index contributed by atoms with van der Waals surface area (Å²) in [6.45, 7) is 1.95. The number of amides is 1. The first kappa shape index (κ1) is 15.3. The lowest BCUT2D eigenvalue weighted by Crippen LogP contribution is -2.43. The highest BCUT2D eigenvalue weighted by Gasteiger charge is 2.25. The molecule has 1 aliphatic carbocycles. The maximum Gasteiger partial charge on any atom is 0.229 e. The van der Waals surface area contributed by atoms with Crippen molar-refractivity contribution >= 4 is 17.5 Å². The summed E-state index contributed by atoms with van der Waals surface area (Å²) in [5, 5.41) is 16.4. The number of hydrogen-bond acceptors (Lipinski definition) is 4. The number of halogens is 1. The van der Waals surface area contributed by atoms with Gasteiger partial charge in [-0.25, -0.2) is 0 Å². The van der Waals surface area contributed by atoms with Crippen molar-refractivity contribution in [1.82, 2.24) is 10.5 Å². The van der Waals surface area contributed by atoms with Crippen molar-refractivity contribution in [3.05, 3.63) is 16.5 Å². The van der Waals surface area contributed by atoms with Crippen molar-refractivity contribution in [2.45, 2.75) is 51.5 Å². The summed E-state index contributed by atoms with van der Waals surface area (Å²) in [5.41, 5.74) is 1.53. The summed E-state index contributed by atoms with van der Waals surface area (Å²) in [6.07, 6.45) is 5.06. The Kier molecular flexibility index (Phi) is 5.43. The number of hydrogen-bond donors (Lipinski definition) is 2. The third kappa shape index (κ3) is 3.73. The van der Waals surface area contributed by atoms with Crippen LogP contribution in [0.5, 0.6) is 0 Å². The largest absolute Gasteiger partial charge is 0.396 e. The molecule has 1 fully saturated rings. The van der Waals surface area contributed by atoms with Crippen molar-refractivity contribution in [2.75, 3.05) is 6.61 Å². The molecule has 0 saturated heterocycles. The van der Waals surface area contributed by atoms with E-state index in [4.69, 9.17) is 16.1 Å². The van der Waals surface area contributed by atoms with Crippen LogP contribution in [0.1, 0.15) is 43.4 Å². The average Bonchev–Trinajstić information content (AvgIpc) is 2.76. The van der Waals surface area contributed by atoms with Crippen LogP contribution < -0.4 is 5.32 Å². The van der Waals surface area contributed by atoms with Crippen LogP contribution in [0, 0.1) is 12.8 Å². The minimum absolute atomic E-state index is 0.00739. The number of rotatable bonds is 5. The molecule has 0 bridgehead atoms. The fourth-order valence-electron chi connectivity index (χ4n) is 2.77. The number of aliphatic hydroxyl groups excluding tert-OH is 1. The summed E-state index contributed by atoms with van der Waals surface area (Å²) in [7, 11) is 0. The first-order valence-corrected chi connectivity index (χ1v) is 7.50. The topological polar surface area (TPSA) is 75.4 Å². The smallest absolute Gasteiger partial charge is 0.229 e. The van der Waals surface area contributed by atoms with E-state index >= 15 is 0 Å². The fourth-order valence-corrected chi connectivity index (χ4v) is 3.04. The molecule has 0 aliphatic heterocycles. The average molecular weight is 301 g/mol. The van der Waals surface area contributed by atoms with Crippen molar-refractivity contribution in [1.29, 1.82) is 0 Å². The first-order valence-electron chi connectivity index (χ1n) is 7.12. The molecule has 1 amide bonds. The lowest BCUT2D eigenvalue weighted by atomic mass is 9.85. The van der Waals surface area contributed by atoms with Gasteiger partial charge in [-0.05, 0) is 37.8 Å². The van der Waals surface area contributed by atoms with Crippen molar-refractivity contribution < 1.29 is 14.4 Å². The predicted octanol–water partition coefficient (Wildman–Crippen LogP) is 2.24. The van der Waals surface area contributed by atoms with Gasteiger partial charge < -0.3 is 14.9 Å². The van der Waals surface area contributed by atoms with Crippen LogP contribution in [0.15, 0.2) is 4.52 Å². The summed E-state index contributed by atoms with van der Waals surface area (Å²) < 4.78 is 4.86. The number of nitrogens with one attached hydrogen (secondary N) is 1. The molecule has 6 heteroatoms. The molecule has 2 rings (SSSR count). The maximum atomic E-state index is 12.0. The zero-order chi connectivity index (χ0) is 14.5. The quantitative estimate of drug-likeness (QED) is 0.874. The third-order valence-electron chi connectivity index (χ3n) is 4.03. The van der Waals surface area contributed by atoms with Crippen LogP contribution in [0.25, 0.3) is 0 Å². The van der Waals surface area contributed by atoms with E-state index < -0.39 is 0 Å². The Hall–Kier alpha value is -1.07. The number of carbonyl (C=O) groups excluding carboxylic acids is 1. The number of carbonyl (C=O) groups is 1. The maximum absolute atomic E-state index is 12.0. The molecule has 1 aromatic rings. The normalized spacial score (nSPS) is 22.8. The van der Waals surface area contributed by atoms with Crippen LogP contribution >= 0.6 is 11.6 Å². The molecule has 0 aromatic carbocycles. The second kappa shape index (κ2) is 7.09. The van der Waals surface area contributed by atoms with Gasteiger partial charge in [0.1, 0.15) is 0 Å². The van der Waals surface area contributed by atoms with Crippen molar-refractivity contribution in [2.24, 2.45) is 5.92 Å². The van der Waals surface area contributed by atoms with Gasteiger partial charge in [0, 0.05) is 30.6 Å². The van der Waals surface area contributed by atoms with Crippen LogP contribution in [-0.2, 0) is 11.2 Å². The minimum atomic E-state index is -0.00739. The predicted molar refractivity (Wildman–Crippen MR) is 75.5 cm³/mol. The number of aliphatic hydroxyl groups is 1. The van der Waals surface area contributed by atoms with E-state index in [0.717, 1.165) is 36.9 Å². The number of aryl methyl sites for hydroxylation is 1. The Balaban J connectivity index is 1.83. The second-order valence-corrected chi connectivity index (χ2v) is 5.76. The van der Waals surface area contributed by atoms with Gasteiger partial charge in [0.15, 0.2) is 0 Å². The van der Waals surface area contributed by atoms with E-state index in [1.165, 1.54) is 0 Å². The van der Waals surface area contributed by atoms with Crippen LogP contribution in [-0.4, -0.2) is 28.8 Å². The van der Waals surface area contributed by atoms with Gasteiger partial charge >= 0.3 is 0 Å². The van der Waals surface area contributed by atoms with E-state index in [1.54, 1.807) is 0 Å². The summed E-state index contributed by atoms with van der Waals surface area (Å²) >= 11 is 5.87. The molecule has 2 unspecified atom stereocenters.